The largest absolute Gasteiger partial charge is 0.339 e. The van der Waals surface area contributed by atoms with Crippen LogP contribution in [0.15, 0.2) is 24.5 Å². The average molecular weight is 233 g/mol. The highest BCUT2D eigenvalue weighted by atomic mass is 16.2. The van der Waals surface area contributed by atoms with Gasteiger partial charge in [0.15, 0.2) is 0 Å². The van der Waals surface area contributed by atoms with E-state index in [1.165, 1.54) is 0 Å². The lowest BCUT2D eigenvalue weighted by atomic mass is 10.2. The van der Waals surface area contributed by atoms with Gasteiger partial charge in [0.2, 0.25) is 5.91 Å². The van der Waals surface area contributed by atoms with Crippen LogP contribution in [0.3, 0.4) is 0 Å². The first-order valence-electron chi connectivity index (χ1n) is 5.63. The molecule has 1 aliphatic rings. The van der Waals surface area contributed by atoms with Crippen molar-refractivity contribution in [3.8, 4) is 0 Å². The molecule has 0 spiro atoms. The van der Waals surface area contributed by atoms with Crippen molar-refractivity contribution in [2.45, 2.75) is 6.92 Å². The molecule has 17 heavy (non-hydrogen) atoms. The van der Waals surface area contributed by atoms with Gasteiger partial charge in [-0.15, -0.1) is 0 Å². The predicted octanol–water partition coefficient (Wildman–Crippen LogP) is 0.386. The topological polar surface area (TPSA) is 53.5 Å². The van der Waals surface area contributed by atoms with Crippen molar-refractivity contribution in [1.29, 1.82) is 0 Å². The lowest BCUT2D eigenvalue weighted by Crippen LogP contribution is -2.50. The molecule has 0 aliphatic carbocycles. The predicted molar refractivity (Wildman–Crippen MR) is 62.4 cm³/mol. The van der Waals surface area contributed by atoms with Crippen molar-refractivity contribution in [2.75, 3.05) is 26.2 Å². The van der Waals surface area contributed by atoms with E-state index in [1.807, 2.05) is 0 Å². The van der Waals surface area contributed by atoms with Crippen LogP contribution in [0.4, 0.5) is 0 Å². The van der Waals surface area contributed by atoms with Crippen LogP contribution in [0.1, 0.15) is 17.3 Å². The van der Waals surface area contributed by atoms with E-state index in [2.05, 4.69) is 4.98 Å². The normalized spacial score (nSPS) is 15.8. The Bertz CT molecular complexity index is 411. The molecule has 2 rings (SSSR count). The smallest absolute Gasteiger partial charge is 0.254 e. The van der Waals surface area contributed by atoms with Crippen molar-refractivity contribution >= 4 is 11.8 Å². The first-order valence-corrected chi connectivity index (χ1v) is 5.63. The van der Waals surface area contributed by atoms with Crippen LogP contribution in [0.5, 0.6) is 0 Å². The summed E-state index contributed by atoms with van der Waals surface area (Å²) in [5.74, 6) is 0.0802. The molecule has 5 nitrogen and oxygen atoms in total. The highest BCUT2D eigenvalue weighted by Crippen LogP contribution is 2.07. The summed E-state index contributed by atoms with van der Waals surface area (Å²) >= 11 is 0. The number of nitrogens with zero attached hydrogens (tertiary/aromatic N) is 3. The number of rotatable bonds is 1. The molecule has 1 aromatic rings. The molecule has 1 aromatic heterocycles. The summed E-state index contributed by atoms with van der Waals surface area (Å²) in [7, 11) is 0. The first-order chi connectivity index (χ1) is 8.18. The number of pyridine rings is 1. The van der Waals surface area contributed by atoms with Gasteiger partial charge in [0, 0.05) is 51.1 Å². The van der Waals surface area contributed by atoms with Gasteiger partial charge in [0.1, 0.15) is 0 Å². The van der Waals surface area contributed by atoms with E-state index in [4.69, 9.17) is 0 Å². The summed E-state index contributed by atoms with van der Waals surface area (Å²) in [4.78, 5) is 30.6. The summed E-state index contributed by atoms with van der Waals surface area (Å²) in [6.07, 6.45) is 3.22. The van der Waals surface area contributed by atoms with E-state index in [-0.39, 0.29) is 11.8 Å². The van der Waals surface area contributed by atoms with Gasteiger partial charge in [-0.05, 0) is 12.1 Å². The van der Waals surface area contributed by atoms with Crippen LogP contribution in [-0.4, -0.2) is 52.8 Å². The third-order valence-corrected chi connectivity index (χ3v) is 2.94. The molecule has 0 atom stereocenters. The van der Waals surface area contributed by atoms with Gasteiger partial charge in [-0.1, -0.05) is 0 Å². The molecule has 0 saturated carbocycles. The second-order valence-electron chi connectivity index (χ2n) is 4.03. The molecule has 90 valence electrons. The Labute approximate surface area is 100 Å². The molecule has 2 amide bonds. The maximum atomic E-state index is 12.1. The van der Waals surface area contributed by atoms with Gasteiger partial charge in [-0.2, -0.15) is 0 Å². The zero-order valence-corrected chi connectivity index (χ0v) is 9.80. The zero-order chi connectivity index (χ0) is 12.3. The zero-order valence-electron chi connectivity index (χ0n) is 9.80. The minimum absolute atomic E-state index is 0.00982. The number of amides is 2. The standard InChI is InChI=1S/C12H15N3O2/c1-10(16)14-6-8-15(9-7-14)12(17)11-2-4-13-5-3-11/h2-5H,6-9H2,1H3. The lowest BCUT2D eigenvalue weighted by molar-refractivity contribution is -0.130. The summed E-state index contributed by atoms with van der Waals surface area (Å²) in [5, 5.41) is 0. The van der Waals surface area contributed by atoms with Gasteiger partial charge in [0.05, 0.1) is 0 Å². The van der Waals surface area contributed by atoms with Crippen molar-refractivity contribution in [3.63, 3.8) is 0 Å². The molecule has 1 aliphatic heterocycles. The summed E-state index contributed by atoms with van der Waals surface area (Å²) in [6.45, 7) is 3.99. The highest BCUT2D eigenvalue weighted by Gasteiger charge is 2.22. The first kappa shape index (κ1) is 11.6. The third kappa shape index (κ3) is 2.61. The molecule has 0 unspecified atom stereocenters. The maximum absolute atomic E-state index is 12.1. The lowest BCUT2D eigenvalue weighted by Gasteiger charge is -2.34. The van der Waals surface area contributed by atoms with Crippen LogP contribution in [0, 0.1) is 0 Å². The Hall–Kier alpha value is -1.91. The molecule has 0 radical (unpaired) electrons. The molecule has 0 bridgehead atoms. The summed E-state index contributed by atoms with van der Waals surface area (Å²) < 4.78 is 0. The van der Waals surface area contributed by atoms with Crippen LogP contribution in [0.25, 0.3) is 0 Å². The molecule has 5 heteroatoms. The van der Waals surface area contributed by atoms with E-state index < -0.39 is 0 Å². The Morgan fingerprint density at radius 1 is 1.06 bits per heavy atom. The van der Waals surface area contributed by atoms with E-state index in [1.54, 1.807) is 41.2 Å². The number of carbonyl (C=O) groups is 2. The Kier molecular flexibility index (Phi) is 3.37. The van der Waals surface area contributed by atoms with E-state index in [0.717, 1.165) is 0 Å². The molecular formula is C12H15N3O2. The second-order valence-corrected chi connectivity index (χ2v) is 4.03. The number of carbonyl (C=O) groups excluding carboxylic acids is 2. The second kappa shape index (κ2) is 4.95. The van der Waals surface area contributed by atoms with E-state index in [9.17, 15) is 9.59 Å². The molecule has 1 saturated heterocycles. The Morgan fingerprint density at radius 2 is 1.59 bits per heavy atom. The number of hydrogen-bond donors (Lipinski definition) is 0. The fourth-order valence-electron chi connectivity index (χ4n) is 1.90. The number of aromatic nitrogens is 1. The SMILES string of the molecule is CC(=O)N1CCN(C(=O)c2ccncc2)CC1. The van der Waals surface area contributed by atoms with Crippen molar-refractivity contribution in [1.82, 2.24) is 14.8 Å². The fourth-order valence-corrected chi connectivity index (χ4v) is 1.90. The van der Waals surface area contributed by atoms with E-state index >= 15 is 0 Å². The van der Waals surface area contributed by atoms with Crippen LogP contribution < -0.4 is 0 Å². The summed E-state index contributed by atoms with van der Waals surface area (Å²) in [6, 6.07) is 3.42. The van der Waals surface area contributed by atoms with Crippen molar-refractivity contribution in [3.05, 3.63) is 30.1 Å². The summed E-state index contributed by atoms with van der Waals surface area (Å²) in [5.41, 5.74) is 0.649. The average Bonchev–Trinajstić information content (AvgIpc) is 2.39. The third-order valence-electron chi connectivity index (χ3n) is 2.94. The van der Waals surface area contributed by atoms with Crippen LogP contribution in [0.2, 0.25) is 0 Å². The van der Waals surface area contributed by atoms with Crippen LogP contribution in [-0.2, 0) is 4.79 Å². The van der Waals surface area contributed by atoms with Crippen molar-refractivity contribution < 1.29 is 9.59 Å². The molecule has 2 heterocycles. The minimum Gasteiger partial charge on any atom is -0.339 e. The quantitative estimate of drug-likeness (QED) is 0.705. The molecular weight excluding hydrogens is 218 g/mol. The molecule has 0 N–H and O–H groups in total. The highest BCUT2D eigenvalue weighted by molar-refractivity contribution is 5.94. The van der Waals surface area contributed by atoms with Gasteiger partial charge in [0.25, 0.3) is 5.91 Å². The minimum atomic E-state index is 0.00982. The maximum Gasteiger partial charge on any atom is 0.254 e. The van der Waals surface area contributed by atoms with E-state index in [0.29, 0.717) is 31.7 Å². The van der Waals surface area contributed by atoms with Crippen LogP contribution >= 0.6 is 0 Å². The van der Waals surface area contributed by atoms with Gasteiger partial charge >= 0.3 is 0 Å². The monoisotopic (exact) mass is 233 g/mol. The molecule has 0 aromatic carbocycles. The van der Waals surface area contributed by atoms with Gasteiger partial charge in [-0.25, -0.2) is 0 Å². The van der Waals surface area contributed by atoms with Crippen molar-refractivity contribution in [2.24, 2.45) is 0 Å². The Balaban J connectivity index is 1.98. The Morgan fingerprint density at radius 3 is 2.12 bits per heavy atom. The number of hydrogen-bond acceptors (Lipinski definition) is 3. The molecule has 1 fully saturated rings. The van der Waals surface area contributed by atoms with Gasteiger partial charge < -0.3 is 9.80 Å². The fraction of sp³-hybridized carbons (Fsp3) is 0.417. The van der Waals surface area contributed by atoms with Gasteiger partial charge in [-0.3, -0.25) is 14.6 Å². The number of piperazine rings is 1.